The molecule has 1 fully saturated rings. The number of methoxy groups -OCH3 is 1. The zero-order valence-electron chi connectivity index (χ0n) is 18.8. The van der Waals surface area contributed by atoms with E-state index in [1.807, 2.05) is 45.0 Å². The fourth-order valence-electron chi connectivity index (χ4n) is 3.54. The summed E-state index contributed by atoms with van der Waals surface area (Å²) in [7, 11) is 1.36. The van der Waals surface area contributed by atoms with E-state index in [2.05, 4.69) is 9.89 Å². The van der Waals surface area contributed by atoms with Crippen molar-refractivity contribution in [3.63, 3.8) is 0 Å². The number of esters is 1. The smallest absolute Gasteiger partial charge is 0.410 e. The molecule has 0 N–H and O–H groups in total. The van der Waals surface area contributed by atoms with Gasteiger partial charge in [0.2, 0.25) is 0 Å². The third kappa shape index (κ3) is 6.87. The number of oxime groups is 1. The number of ether oxygens (including phenoxy) is 3. The number of nitrogens with zero attached hydrogens (tertiary/aromatic N) is 2. The van der Waals surface area contributed by atoms with Gasteiger partial charge in [-0.2, -0.15) is 0 Å². The lowest BCUT2D eigenvalue weighted by Crippen LogP contribution is -2.42. The molecule has 3 rings (SSSR count). The Morgan fingerprint density at radius 2 is 1.84 bits per heavy atom. The summed E-state index contributed by atoms with van der Waals surface area (Å²) in [6.45, 7) is 7.63. The molecule has 0 unspecified atom stereocenters. The Kier molecular flexibility index (Phi) is 7.41. The molecule has 0 saturated carbocycles. The van der Waals surface area contributed by atoms with Crippen LogP contribution in [0.2, 0.25) is 0 Å². The van der Waals surface area contributed by atoms with Crippen molar-refractivity contribution in [1.29, 1.82) is 0 Å². The monoisotopic (exact) mass is 432 g/mol. The maximum Gasteiger partial charge on any atom is 0.410 e. The molecule has 2 aliphatic heterocycles. The molecule has 1 aromatic carbocycles. The topological polar surface area (TPSA) is 86.7 Å². The molecule has 0 spiro atoms. The summed E-state index contributed by atoms with van der Waals surface area (Å²) >= 11 is 0. The number of hydrogen-bond donors (Lipinski definition) is 0. The van der Waals surface area contributed by atoms with Crippen LogP contribution in [-0.4, -0.2) is 61.2 Å². The molecule has 8 nitrogen and oxygen atoms in total. The Balaban J connectivity index is 1.40. The number of amides is 1. The molecule has 1 aromatic rings. The summed E-state index contributed by atoms with van der Waals surface area (Å²) in [6, 6.07) is 7.73. The number of piperidine rings is 1. The van der Waals surface area contributed by atoms with E-state index in [-0.39, 0.29) is 24.6 Å². The Morgan fingerprint density at radius 1 is 1.16 bits per heavy atom. The fourth-order valence-corrected chi connectivity index (χ4v) is 3.54. The molecule has 1 saturated heterocycles. The first-order valence-electron chi connectivity index (χ1n) is 10.7. The first-order valence-corrected chi connectivity index (χ1v) is 10.7. The van der Waals surface area contributed by atoms with E-state index in [0.29, 0.717) is 32.0 Å². The van der Waals surface area contributed by atoms with Gasteiger partial charge in [0.1, 0.15) is 17.5 Å². The highest BCUT2D eigenvalue weighted by Gasteiger charge is 2.27. The van der Waals surface area contributed by atoms with Crippen LogP contribution in [0.4, 0.5) is 4.79 Å². The average molecular weight is 433 g/mol. The first-order chi connectivity index (χ1) is 14.7. The van der Waals surface area contributed by atoms with Gasteiger partial charge in [-0.1, -0.05) is 5.16 Å². The van der Waals surface area contributed by atoms with Crippen molar-refractivity contribution in [2.75, 3.05) is 26.8 Å². The van der Waals surface area contributed by atoms with Crippen LogP contribution in [0.5, 0.6) is 5.75 Å². The highest BCUT2D eigenvalue weighted by Crippen LogP contribution is 2.24. The van der Waals surface area contributed by atoms with Crippen molar-refractivity contribution < 1.29 is 28.6 Å². The Morgan fingerprint density at radius 3 is 2.45 bits per heavy atom. The Hall–Kier alpha value is -2.77. The molecule has 1 atom stereocenters. The summed E-state index contributed by atoms with van der Waals surface area (Å²) in [6.07, 6.45) is 2.04. The van der Waals surface area contributed by atoms with Crippen LogP contribution >= 0.6 is 0 Å². The van der Waals surface area contributed by atoms with Gasteiger partial charge >= 0.3 is 12.1 Å². The van der Waals surface area contributed by atoms with Crippen molar-refractivity contribution in [2.24, 2.45) is 11.1 Å². The van der Waals surface area contributed by atoms with Gasteiger partial charge in [-0.25, -0.2) is 4.79 Å². The largest absolute Gasteiger partial charge is 0.493 e. The molecule has 0 aliphatic carbocycles. The summed E-state index contributed by atoms with van der Waals surface area (Å²) in [5, 5.41) is 4.09. The maximum absolute atomic E-state index is 12.2. The standard InChI is InChI=1S/C23H32N2O6/c1-23(2,3)30-22(27)25-11-9-16(10-12-25)15-29-18-7-5-17(6-8-18)20-13-19(31-24-20)14-21(26)28-4/h5-8,16,19H,9-15H2,1-4H3/t19-/m1/s1. The minimum atomic E-state index is -0.471. The van der Waals surface area contributed by atoms with Crippen molar-refractivity contribution in [1.82, 2.24) is 4.90 Å². The highest BCUT2D eigenvalue weighted by atomic mass is 16.6. The zero-order chi connectivity index (χ0) is 22.4. The predicted molar refractivity (Wildman–Crippen MR) is 115 cm³/mol. The van der Waals surface area contributed by atoms with Gasteiger partial charge in [0.25, 0.3) is 0 Å². The SMILES string of the molecule is COC(=O)C[C@H]1CC(c2ccc(OCC3CCN(C(=O)OC(C)(C)C)CC3)cc2)=NO1. The van der Waals surface area contributed by atoms with Gasteiger partial charge in [-0.15, -0.1) is 0 Å². The quantitative estimate of drug-likeness (QED) is 0.636. The second kappa shape index (κ2) is 10.0. The Labute approximate surface area is 183 Å². The van der Waals surface area contributed by atoms with Gasteiger partial charge in [0.05, 0.1) is 25.8 Å². The van der Waals surface area contributed by atoms with Crippen LogP contribution in [0.25, 0.3) is 0 Å². The summed E-state index contributed by atoms with van der Waals surface area (Å²) in [5.41, 5.74) is 1.29. The van der Waals surface area contributed by atoms with Crippen LogP contribution in [0.3, 0.4) is 0 Å². The normalized spacial score (nSPS) is 19.4. The maximum atomic E-state index is 12.2. The number of likely N-dealkylation sites (tertiary alicyclic amines) is 1. The lowest BCUT2D eigenvalue weighted by molar-refractivity contribution is -0.143. The van der Waals surface area contributed by atoms with Crippen molar-refractivity contribution in [3.05, 3.63) is 29.8 Å². The van der Waals surface area contributed by atoms with Gasteiger partial charge in [-0.05, 0) is 69.4 Å². The van der Waals surface area contributed by atoms with Crippen molar-refractivity contribution >= 4 is 17.8 Å². The van der Waals surface area contributed by atoms with E-state index in [4.69, 9.17) is 14.3 Å². The van der Waals surface area contributed by atoms with Gasteiger partial charge in [0.15, 0.2) is 0 Å². The fraction of sp³-hybridized carbons (Fsp3) is 0.609. The number of hydrogen-bond acceptors (Lipinski definition) is 7. The van der Waals surface area contributed by atoms with Crippen molar-refractivity contribution in [3.8, 4) is 5.75 Å². The van der Waals surface area contributed by atoms with Crippen LogP contribution in [0, 0.1) is 5.92 Å². The molecule has 2 heterocycles. The molecule has 8 heteroatoms. The van der Waals surface area contributed by atoms with Gasteiger partial charge in [0, 0.05) is 19.5 Å². The molecule has 1 amide bonds. The minimum absolute atomic E-state index is 0.192. The molecule has 31 heavy (non-hydrogen) atoms. The average Bonchev–Trinajstić information content (AvgIpc) is 3.20. The second-order valence-corrected chi connectivity index (χ2v) is 9.00. The molecule has 0 aromatic heterocycles. The highest BCUT2D eigenvalue weighted by molar-refractivity contribution is 6.01. The van der Waals surface area contributed by atoms with E-state index in [1.165, 1.54) is 7.11 Å². The van der Waals surface area contributed by atoms with Crippen molar-refractivity contribution in [2.45, 2.75) is 58.2 Å². The van der Waals surface area contributed by atoms with E-state index in [0.717, 1.165) is 29.9 Å². The van der Waals surface area contributed by atoms with Gasteiger partial charge < -0.3 is 23.9 Å². The molecule has 2 aliphatic rings. The number of carbonyl (C=O) groups excluding carboxylic acids is 2. The number of benzene rings is 1. The van der Waals surface area contributed by atoms with Crippen LogP contribution in [-0.2, 0) is 19.1 Å². The zero-order valence-corrected chi connectivity index (χ0v) is 18.8. The van der Waals surface area contributed by atoms with E-state index >= 15 is 0 Å². The lowest BCUT2D eigenvalue weighted by atomic mass is 9.98. The number of rotatable bonds is 6. The second-order valence-electron chi connectivity index (χ2n) is 9.00. The molecule has 170 valence electrons. The third-order valence-electron chi connectivity index (χ3n) is 5.29. The van der Waals surface area contributed by atoms with Crippen LogP contribution in [0.1, 0.15) is 52.0 Å². The van der Waals surface area contributed by atoms with E-state index in [1.54, 1.807) is 4.90 Å². The first kappa shape index (κ1) is 22.9. The Bertz CT molecular complexity index is 791. The summed E-state index contributed by atoms with van der Waals surface area (Å²) in [5.74, 6) is 0.899. The van der Waals surface area contributed by atoms with Crippen LogP contribution in [0.15, 0.2) is 29.4 Å². The molecular weight excluding hydrogens is 400 g/mol. The molecule has 0 bridgehead atoms. The minimum Gasteiger partial charge on any atom is -0.493 e. The number of carbonyl (C=O) groups is 2. The predicted octanol–water partition coefficient (Wildman–Crippen LogP) is 3.77. The van der Waals surface area contributed by atoms with E-state index in [9.17, 15) is 9.59 Å². The summed E-state index contributed by atoms with van der Waals surface area (Å²) < 4.78 is 16.1. The summed E-state index contributed by atoms with van der Waals surface area (Å²) in [4.78, 5) is 30.6. The van der Waals surface area contributed by atoms with Gasteiger partial charge in [-0.3, -0.25) is 4.79 Å². The third-order valence-corrected chi connectivity index (χ3v) is 5.29. The molecule has 0 radical (unpaired) electrons. The molecular formula is C23H32N2O6. The van der Waals surface area contributed by atoms with Crippen LogP contribution < -0.4 is 4.74 Å². The van der Waals surface area contributed by atoms with E-state index < -0.39 is 5.60 Å². The lowest BCUT2D eigenvalue weighted by Gasteiger charge is -2.33.